The van der Waals surface area contributed by atoms with E-state index >= 15 is 0 Å². The molecule has 0 radical (unpaired) electrons. The van der Waals surface area contributed by atoms with Crippen LogP contribution in [0, 0.1) is 0 Å². The highest BCUT2D eigenvalue weighted by Crippen LogP contribution is 2.20. The highest BCUT2D eigenvalue weighted by Gasteiger charge is 2.15. The monoisotopic (exact) mass is 242 g/mol. The highest BCUT2D eigenvalue weighted by molar-refractivity contribution is 5.75. The number of nitrogens with one attached hydrogen (secondary N) is 1. The number of carbonyl (C=O) groups excluding carboxylic acids is 1. The fourth-order valence-corrected chi connectivity index (χ4v) is 2.00. The molecule has 0 atom stereocenters. The van der Waals surface area contributed by atoms with Gasteiger partial charge in [0.2, 0.25) is 5.91 Å². The van der Waals surface area contributed by atoms with Gasteiger partial charge in [0.05, 0.1) is 12.7 Å². The molecule has 0 bridgehead atoms. The van der Waals surface area contributed by atoms with E-state index < -0.39 is 0 Å². The minimum atomic E-state index is -0.266. The van der Waals surface area contributed by atoms with Crippen LogP contribution >= 0.6 is 0 Å². The Morgan fingerprint density at radius 1 is 1.41 bits per heavy atom. The summed E-state index contributed by atoms with van der Waals surface area (Å²) in [6.45, 7) is 5.11. The summed E-state index contributed by atoms with van der Waals surface area (Å²) in [6, 6.07) is 0. The molecule has 0 saturated heterocycles. The summed E-state index contributed by atoms with van der Waals surface area (Å²) in [5.74, 6) is 0.0681. The lowest BCUT2D eigenvalue weighted by atomic mass is 10.00. The molecule has 1 saturated carbocycles. The third-order valence-electron chi connectivity index (χ3n) is 3.08. The minimum Gasteiger partial charge on any atom is -0.376 e. The number of ether oxygens (including phenoxy) is 1. The van der Waals surface area contributed by atoms with E-state index in [1.54, 1.807) is 0 Å². The molecule has 0 aromatic heterocycles. The molecular weight excluding hydrogens is 216 g/mol. The van der Waals surface area contributed by atoms with Gasteiger partial charge in [0.1, 0.15) is 0 Å². The lowest BCUT2D eigenvalue weighted by molar-refractivity contribution is -0.121. The molecule has 1 amide bonds. The maximum absolute atomic E-state index is 11.5. The van der Waals surface area contributed by atoms with Gasteiger partial charge in [-0.2, -0.15) is 0 Å². The summed E-state index contributed by atoms with van der Waals surface area (Å²) in [7, 11) is 0. The number of hydrogen-bond donors (Lipinski definition) is 2. The van der Waals surface area contributed by atoms with Crippen molar-refractivity contribution in [2.75, 3.05) is 13.2 Å². The van der Waals surface area contributed by atoms with Crippen molar-refractivity contribution in [1.82, 2.24) is 5.32 Å². The van der Waals surface area contributed by atoms with Gasteiger partial charge in [0.25, 0.3) is 0 Å². The van der Waals surface area contributed by atoms with Crippen LogP contribution in [-0.2, 0) is 9.53 Å². The molecule has 1 aliphatic carbocycles. The van der Waals surface area contributed by atoms with Crippen molar-refractivity contribution in [1.29, 1.82) is 0 Å². The molecular formula is C13H26N2O2. The van der Waals surface area contributed by atoms with Crippen LogP contribution in [0.4, 0.5) is 0 Å². The molecule has 0 heterocycles. The number of carbonyl (C=O) groups is 1. The molecule has 0 aliphatic heterocycles. The average molecular weight is 242 g/mol. The first kappa shape index (κ1) is 14.5. The number of hydrogen-bond acceptors (Lipinski definition) is 3. The fraction of sp³-hybridized carbons (Fsp3) is 0.923. The quantitative estimate of drug-likeness (QED) is 0.666. The van der Waals surface area contributed by atoms with E-state index in [9.17, 15) is 4.79 Å². The first-order valence-corrected chi connectivity index (χ1v) is 6.64. The molecule has 1 fully saturated rings. The van der Waals surface area contributed by atoms with Crippen molar-refractivity contribution < 1.29 is 9.53 Å². The second-order valence-corrected chi connectivity index (χ2v) is 5.62. The van der Waals surface area contributed by atoms with Crippen LogP contribution in [-0.4, -0.2) is 30.7 Å². The molecule has 3 N–H and O–H groups in total. The summed E-state index contributed by atoms with van der Waals surface area (Å²) in [5.41, 5.74) is 5.55. The maximum Gasteiger partial charge on any atom is 0.220 e. The SMILES string of the molecule is CC(C)(N)CCC(=O)NCCOC1CCCC1. The maximum atomic E-state index is 11.5. The molecule has 1 rings (SSSR count). The van der Waals surface area contributed by atoms with Crippen molar-refractivity contribution in [2.45, 2.75) is 64.0 Å². The Labute approximate surface area is 104 Å². The van der Waals surface area contributed by atoms with E-state index in [1.165, 1.54) is 25.7 Å². The molecule has 1 aliphatic rings. The Kier molecular flexibility index (Phi) is 5.92. The summed E-state index contributed by atoms with van der Waals surface area (Å²) in [6.07, 6.45) is 6.54. The molecule has 17 heavy (non-hydrogen) atoms. The highest BCUT2D eigenvalue weighted by atomic mass is 16.5. The fourth-order valence-electron chi connectivity index (χ4n) is 2.00. The molecule has 100 valence electrons. The summed E-state index contributed by atoms with van der Waals surface area (Å²) >= 11 is 0. The van der Waals surface area contributed by atoms with E-state index in [0.717, 1.165) is 0 Å². The third-order valence-corrected chi connectivity index (χ3v) is 3.08. The zero-order valence-electron chi connectivity index (χ0n) is 11.1. The van der Waals surface area contributed by atoms with E-state index in [2.05, 4.69) is 5.32 Å². The largest absolute Gasteiger partial charge is 0.376 e. The van der Waals surface area contributed by atoms with E-state index in [4.69, 9.17) is 10.5 Å². The van der Waals surface area contributed by atoms with Crippen LogP contribution in [0.1, 0.15) is 52.4 Å². The Hall–Kier alpha value is -0.610. The first-order valence-electron chi connectivity index (χ1n) is 6.64. The van der Waals surface area contributed by atoms with Crippen molar-refractivity contribution >= 4 is 5.91 Å². The van der Waals surface area contributed by atoms with Gasteiger partial charge in [-0.05, 0) is 33.1 Å². The standard InChI is InChI=1S/C13H26N2O2/c1-13(2,14)8-7-12(16)15-9-10-17-11-5-3-4-6-11/h11H,3-10,14H2,1-2H3,(H,15,16). The van der Waals surface area contributed by atoms with E-state index in [0.29, 0.717) is 32.1 Å². The van der Waals surface area contributed by atoms with Crippen molar-refractivity contribution in [2.24, 2.45) is 5.73 Å². The van der Waals surface area contributed by atoms with Crippen LogP contribution in [0.3, 0.4) is 0 Å². The van der Waals surface area contributed by atoms with Gasteiger partial charge < -0.3 is 15.8 Å². The third kappa shape index (κ3) is 7.34. The lowest BCUT2D eigenvalue weighted by Crippen LogP contribution is -2.35. The van der Waals surface area contributed by atoms with Gasteiger partial charge in [-0.15, -0.1) is 0 Å². The van der Waals surface area contributed by atoms with Crippen LogP contribution < -0.4 is 11.1 Å². The van der Waals surface area contributed by atoms with Gasteiger partial charge in [0.15, 0.2) is 0 Å². The van der Waals surface area contributed by atoms with Crippen molar-refractivity contribution in [3.8, 4) is 0 Å². The zero-order chi connectivity index (χ0) is 12.7. The van der Waals surface area contributed by atoms with Crippen LogP contribution in [0.25, 0.3) is 0 Å². The zero-order valence-corrected chi connectivity index (χ0v) is 11.1. The topological polar surface area (TPSA) is 64.4 Å². The Morgan fingerprint density at radius 2 is 2.06 bits per heavy atom. The Balaban J connectivity index is 1.96. The predicted molar refractivity (Wildman–Crippen MR) is 68.7 cm³/mol. The number of amides is 1. The smallest absolute Gasteiger partial charge is 0.220 e. The minimum absolute atomic E-state index is 0.0681. The van der Waals surface area contributed by atoms with Crippen LogP contribution in [0.15, 0.2) is 0 Å². The normalized spacial score (nSPS) is 17.4. The second kappa shape index (κ2) is 6.97. The molecule has 0 unspecified atom stereocenters. The van der Waals surface area contributed by atoms with Crippen LogP contribution in [0.5, 0.6) is 0 Å². The van der Waals surface area contributed by atoms with Gasteiger partial charge in [-0.25, -0.2) is 0 Å². The molecule has 0 aromatic carbocycles. The molecule has 4 heteroatoms. The van der Waals surface area contributed by atoms with Crippen molar-refractivity contribution in [3.63, 3.8) is 0 Å². The molecule has 0 spiro atoms. The van der Waals surface area contributed by atoms with Gasteiger partial charge in [-0.3, -0.25) is 4.79 Å². The van der Waals surface area contributed by atoms with E-state index in [-0.39, 0.29) is 11.4 Å². The summed E-state index contributed by atoms with van der Waals surface area (Å²) in [4.78, 5) is 11.5. The molecule has 4 nitrogen and oxygen atoms in total. The molecule has 0 aromatic rings. The van der Waals surface area contributed by atoms with Crippen LogP contribution in [0.2, 0.25) is 0 Å². The lowest BCUT2D eigenvalue weighted by Gasteiger charge is -2.17. The van der Waals surface area contributed by atoms with Gasteiger partial charge >= 0.3 is 0 Å². The predicted octanol–water partition coefficient (Wildman–Crippen LogP) is 1.58. The average Bonchev–Trinajstić information content (AvgIpc) is 2.73. The number of nitrogens with two attached hydrogens (primary N) is 1. The second-order valence-electron chi connectivity index (χ2n) is 5.62. The first-order chi connectivity index (χ1) is 7.97. The van der Waals surface area contributed by atoms with Crippen molar-refractivity contribution in [3.05, 3.63) is 0 Å². The summed E-state index contributed by atoms with van der Waals surface area (Å²) in [5, 5.41) is 2.86. The van der Waals surface area contributed by atoms with Gasteiger partial charge in [-0.1, -0.05) is 12.8 Å². The summed E-state index contributed by atoms with van der Waals surface area (Å²) < 4.78 is 5.66. The van der Waals surface area contributed by atoms with Gasteiger partial charge in [0, 0.05) is 18.5 Å². The van der Waals surface area contributed by atoms with E-state index in [1.807, 2.05) is 13.8 Å². The Morgan fingerprint density at radius 3 is 2.65 bits per heavy atom. The Bertz CT molecular complexity index is 230. The number of rotatable bonds is 7.